The number of ether oxygens (including phenoxy) is 1. The maximum atomic E-state index is 11.2. The SMILES string of the molecule is CC(C)(C)[Si](C)(C)OCCC1=CCOC1=O. The molecule has 0 aromatic carbocycles. The van der Waals surface area contributed by atoms with E-state index >= 15 is 0 Å². The van der Waals surface area contributed by atoms with Gasteiger partial charge in [0.1, 0.15) is 6.61 Å². The Balaban J connectivity index is 2.38. The van der Waals surface area contributed by atoms with Crippen LogP contribution >= 0.6 is 0 Å². The standard InChI is InChI=1S/C12H22O3Si/c1-12(2,3)16(4,5)15-9-7-10-6-8-14-11(10)13/h6H,7-9H2,1-5H3. The van der Waals surface area contributed by atoms with Gasteiger partial charge in [-0.05, 0) is 24.2 Å². The molecule has 0 bridgehead atoms. The van der Waals surface area contributed by atoms with Crippen LogP contribution in [0.2, 0.25) is 18.1 Å². The molecule has 0 aliphatic carbocycles. The van der Waals surface area contributed by atoms with Crippen molar-refractivity contribution < 1.29 is 14.0 Å². The number of carbonyl (C=O) groups excluding carboxylic acids is 1. The lowest BCUT2D eigenvalue weighted by Crippen LogP contribution is -2.41. The minimum absolute atomic E-state index is 0.182. The number of esters is 1. The van der Waals surface area contributed by atoms with Gasteiger partial charge in [-0.3, -0.25) is 0 Å². The van der Waals surface area contributed by atoms with Crippen LogP contribution in [-0.4, -0.2) is 27.5 Å². The van der Waals surface area contributed by atoms with E-state index in [1.165, 1.54) is 0 Å². The van der Waals surface area contributed by atoms with Gasteiger partial charge in [0, 0.05) is 18.6 Å². The Bertz CT molecular complexity index is 300. The maximum Gasteiger partial charge on any atom is 0.334 e. The highest BCUT2D eigenvalue weighted by Crippen LogP contribution is 2.36. The van der Waals surface area contributed by atoms with Crippen LogP contribution < -0.4 is 0 Å². The van der Waals surface area contributed by atoms with Crippen LogP contribution in [0.4, 0.5) is 0 Å². The largest absolute Gasteiger partial charge is 0.458 e. The third-order valence-corrected chi connectivity index (χ3v) is 7.99. The average molecular weight is 242 g/mol. The summed E-state index contributed by atoms with van der Waals surface area (Å²) in [5.41, 5.74) is 0.763. The molecule has 0 saturated carbocycles. The monoisotopic (exact) mass is 242 g/mol. The van der Waals surface area contributed by atoms with Crippen LogP contribution in [0.15, 0.2) is 11.6 Å². The smallest absolute Gasteiger partial charge is 0.334 e. The first-order chi connectivity index (χ1) is 7.24. The summed E-state index contributed by atoms with van der Waals surface area (Å²) in [6, 6.07) is 0. The molecule has 0 fully saturated rings. The van der Waals surface area contributed by atoms with Gasteiger partial charge in [0.25, 0.3) is 0 Å². The molecule has 0 radical (unpaired) electrons. The summed E-state index contributed by atoms with van der Waals surface area (Å²) in [4.78, 5) is 11.2. The number of cyclic esters (lactones) is 1. The van der Waals surface area contributed by atoms with E-state index in [1.54, 1.807) is 0 Å². The van der Waals surface area contributed by atoms with Gasteiger partial charge in [0.05, 0.1) is 0 Å². The minimum Gasteiger partial charge on any atom is -0.458 e. The highest BCUT2D eigenvalue weighted by molar-refractivity contribution is 6.74. The van der Waals surface area contributed by atoms with Gasteiger partial charge in [-0.15, -0.1) is 0 Å². The Hall–Kier alpha value is -0.613. The summed E-state index contributed by atoms with van der Waals surface area (Å²) in [6.07, 6.45) is 2.52. The molecule has 0 N–H and O–H groups in total. The molecule has 1 aliphatic rings. The Morgan fingerprint density at radius 2 is 2.06 bits per heavy atom. The molecular weight excluding hydrogens is 220 g/mol. The van der Waals surface area contributed by atoms with Crippen LogP contribution in [0, 0.1) is 0 Å². The Morgan fingerprint density at radius 1 is 1.44 bits per heavy atom. The first-order valence-electron chi connectivity index (χ1n) is 5.74. The summed E-state index contributed by atoms with van der Waals surface area (Å²) < 4.78 is 10.8. The third kappa shape index (κ3) is 3.19. The molecule has 0 aromatic rings. The van der Waals surface area contributed by atoms with E-state index in [4.69, 9.17) is 9.16 Å². The van der Waals surface area contributed by atoms with Crippen LogP contribution in [0.25, 0.3) is 0 Å². The van der Waals surface area contributed by atoms with Crippen molar-refractivity contribution in [1.82, 2.24) is 0 Å². The fraction of sp³-hybridized carbons (Fsp3) is 0.750. The Kier molecular flexibility index (Phi) is 3.96. The summed E-state index contributed by atoms with van der Waals surface area (Å²) in [5.74, 6) is -0.182. The Morgan fingerprint density at radius 3 is 2.50 bits per heavy atom. The fourth-order valence-electron chi connectivity index (χ4n) is 1.23. The van der Waals surface area contributed by atoms with Crippen molar-refractivity contribution in [2.24, 2.45) is 0 Å². The molecule has 0 amide bonds. The van der Waals surface area contributed by atoms with Crippen LogP contribution in [-0.2, 0) is 14.0 Å². The topological polar surface area (TPSA) is 35.5 Å². The summed E-state index contributed by atoms with van der Waals surface area (Å²) in [7, 11) is -1.68. The molecule has 1 aliphatic heterocycles. The van der Waals surface area contributed by atoms with E-state index in [0.717, 1.165) is 5.57 Å². The van der Waals surface area contributed by atoms with E-state index in [0.29, 0.717) is 19.6 Å². The number of hydrogen-bond donors (Lipinski definition) is 0. The average Bonchev–Trinajstić information content (AvgIpc) is 2.49. The molecule has 1 rings (SSSR count). The van der Waals surface area contributed by atoms with E-state index in [-0.39, 0.29) is 11.0 Å². The van der Waals surface area contributed by atoms with Crippen molar-refractivity contribution in [3.05, 3.63) is 11.6 Å². The minimum atomic E-state index is -1.68. The number of hydrogen-bond acceptors (Lipinski definition) is 3. The van der Waals surface area contributed by atoms with Crippen LogP contribution in [0.1, 0.15) is 27.2 Å². The Labute approximate surface area is 99.0 Å². The van der Waals surface area contributed by atoms with Crippen molar-refractivity contribution in [3.8, 4) is 0 Å². The van der Waals surface area contributed by atoms with Gasteiger partial charge < -0.3 is 9.16 Å². The van der Waals surface area contributed by atoms with Crippen molar-refractivity contribution in [2.45, 2.75) is 45.3 Å². The second-order valence-electron chi connectivity index (χ2n) is 5.69. The second kappa shape index (κ2) is 4.71. The van der Waals surface area contributed by atoms with Crippen LogP contribution in [0.3, 0.4) is 0 Å². The highest BCUT2D eigenvalue weighted by Gasteiger charge is 2.37. The number of carbonyl (C=O) groups is 1. The second-order valence-corrected chi connectivity index (χ2v) is 10.5. The summed E-state index contributed by atoms with van der Waals surface area (Å²) in [6.45, 7) is 12.1. The van der Waals surface area contributed by atoms with E-state index in [2.05, 4.69) is 33.9 Å². The lowest BCUT2D eigenvalue weighted by molar-refractivity contribution is -0.136. The number of rotatable bonds is 4. The van der Waals surface area contributed by atoms with Crippen molar-refractivity contribution in [1.29, 1.82) is 0 Å². The predicted molar refractivity (Wildman–Crippen MR) is 66.8 cm³/mol. The molecule has 0 saturated heterocycles. The maximum absolute atomic E-state index is 11.2. The molecule has 0 spiro atoms. The van der Waals surface area contributed by atoms with Crippen molar-refractivity contribution >= 4 is 14.3 Å². The van der Waals surface area contributed by atoms with Gasteiger partial charge in [-0.2, -0.15) is 0 Å². The first-order valence-corrected chi connectivity index (χ1v) is 8.65. The van der Waals surface area contributed by atoms with Gasteiger partial charge in [-0.1, -0.05) is 20.8 Å². The molecule has 3 nitrogen and oxygen atoms in total. The molecular formula is C12H22O3Si. The van der Waals surface area contributed by atoms with Gasteiger partial charge in [0.15, 0.2) is 8.32 Å². The van der Waals surface area contributed by atoms with E-state index < -0.39 is 8.32 Å². The zero-order valence-electron chi connectivity index (χ0n) is 10.9. The van der Waals surface area contributed by atoms with Crippen LogP contribution in [0.5, 0.6) is 0 Å². The molecule has 0 unspecified atom stereocenters. The summed E-state index contributed by atoms with van der Waals surface area (Å²) >= 11 is 0. The third-order valence-electron chi connectivity index (χ3n) is 3.45. The molecule has 1 heterocycles. The fourth-order valence-corrected chi connectivity index (χ4v) is 2.28. The molecule has 0 atom stereocenters. The molecule has 0 aromatic heterocycles. The highest BCUT2D eigenvalue weighted by atomic mass is 28.4. The lowest BCUT2D eigenvalue weighted by atomic mass is 10.2. The first kappa shape index (κ1) is 13.5. The zero-order chi connectivity index (χ0) is 12.4. The van der Waals surface area contributed by atoms with E-state index in [1.807, 2.05) is 6.08 Å². The molecule has 4 heteroatoms. The zero-order valence-corrected chi connectivity index (χ0v) is 11.9. The summed E-state index contributed by atoms with van der Waals surface area (Å²) in [5, 5.41) is 0.220. The van der Waals surface area contributed by atoms with E-state index in [9.17, 15) is 4.79 Å². The lowest BCUT2D eigenvalue weighted by Gasteiger charge is -2.36. The van der Waals surface area contributed by atoms with Crippen molar-refractivity contribution in [3.63, 3.8) is 0 Å². The predicted octanol–water partition coefficient (Wildman–Crippen LogP) is 2.88. The molecule has 16 heavy (non-hydrogen) atoms. The normalized spacial score (nSPS) is 17.3. The van der Waals surface area contributed by atoms with Gasteiger partial charge >= 0.3 is 5.97 Å². The van der Waals surface area contributed by atoms with Gasteiger partial charge in [-0.25, -0.2) is 4.79 Å². The van der Waals surface area contributed by atoms with Gasteiger partial charge in [0.2, 0.25) is 0 Å². The quantitative estimate of drug-likeness (QED) is 0.562. The molecule has 92 valence electrons. The van der Waals surface area contributed by atoms with Crippen molar-refractivity contribution in [2.75, 3.05) is 13.2 Å².